The van der Waals surface area contributed by atoms with Gasteiger partial charge in [0.1, 0.15) is 18.4 Å². The standard InChI is InChI=1S/C17H14FN3.C7H15NO.CH2O/c1-11-4-2-3-5-13(11)12-6-7-14(15(18)8-12)16-9-21-17(19)10-20-16;1-8-4-2-3-7(5-8)6-9;1-2/h2-10H,1H3,(H2,19,21);7,9H,2-6H2,1H3;1H2. The normalized spacial score (nSPS) is 15.7. The summed E-state index contributed by atoms with van der Waals surface area (Å²) in [6, 6.07) is 13.0. The molecule has 1 atom stereocenters. The van der Waals surface area contributed by atoms with Crippen LogP contribution in [0.2, 0.25) is 0 Å². The number of hydrogen-bond acceptors (Lipinski definition) is 6. The molecule has 6 nitrogen and oxygen atoms in total. The van der Waals surface area contributed by atoms with Gasteiger partial charge in [0.25, 0.3) is 0 Å². The molecule has 0 spiro atoms. The molecule has 1 unspecified atom stereocenters. The fourth-order valence-corrected chi connectivity index (χ4v) is 3.69. The summed E-state index contributed by atoms with van der Waals surface area (Å²) in [5, 5.41) is 8.78. The third-order valence-electron chi connectivity index (χ3n) is 5.35. The largest absolute Gasteiger partial charge is 0.396 e. The zero-order chi connectivity index (χ0) is 23.5. The van der Waals surface area contributed by atoms with Crippen LogP contribution in [-0.4, -0.2) is 53.5 Å². The Hall–Kier alpha value is -3.16. The number of benzene rings is 2. The Balaban J connectivity index is 0.000000277. The van der Waals surface area contributed by atoms with Gasteiger partial charge in [-0.05, 0) is 68.1 Å². The molecule has 2 aromatic carbocycles. The summed E-state index contributed by atoms with van der Waals surface area (Å²) in [5.41, 5.74) is 9.35. The second-order valence-electron chi connectivity index (χ2n) is 7.79. The van der Waals surface area contributed by atoms with E-state index in [1.165, 1.54) is 37.8 Å². The van der Waals surface area contributed by atoms with Crippen LogP contribution < -0.4 is 5.73 Å². The molecule has 2 heterocycles. The molecule has 0 saturated carbocycles. The molecule has 1 saturated heterocycles. The third kappa shape index (κ3) is 6.93. The maximum absolute atomic E-state index is 14.4. The predicted molar refractivity (Wildman–Crippen MR) is 126 cm³/mol. The lowest BCUT2D eigenvalue weighted by molar-refractivity contribution is -0.0979. The Labute approximate surface area is 188 Å². The van der Waals surface area contributed by atoms with Gasteiger partial charge in [0.2, 0.25) is 0 Å². The van der Waals surface area contributed by atoms with E-state index in [1.54, 1.807) is 6.07 Å². The van der Waals surface area contributed by atoms with E-state index in [0.717, 1.165) is 23.2 Å². The van der Waals surface area contributed by atoms with Crippen molar-refractivity contribution in [2.24, 2.45) is 5.92 Å². The van der Waals surface area contributed by atoms with Crippen molar-refractivity contribution in [2.45, 2.75) is 19.8 Å². The van der Waals surface area contributed by atoms with E-state index >= 15 is 0 Å². The Morgan fingerprint density at radius 1 is 1.16 bits per heavy atom. The minimum atomic E-state index is -0.324. The number of carbonyl (C=O) groups excluding carboxylic acids is 1. The Morgan fingerprint density at radius 2 is 1.91 bits per heavy atom. The van der Waals surface area contributed by atoms with Crippen molar-refractivity contribution >= 4 is 12.6 Å². The summed E-state index contributed by atoms with van der Waals surface area (Å²) in [7, 11) is 2.11. The highest BCUT2D eigenvalue weighted by Gasteiger charge is 2.15. The maximum Gasteiger partial charge on any atom is 0.141 e. The SMILES string of the molecule is C=O.CN1CCCC(CO)C1.Cc1ccccc1-c1ccc(-c2cnc(N)cn2)c(F)c1. The number of nitrogens with two attached hydrogens (primary N) is 1. The number of carbonyl (C=O) groups is 1. The van der Waals surface area contributed by atoms with Gasteiger partial charge in [0.05, 0.1) is 18.1 Å². The van der Waals surface area contributed by atoms with Crippen molar-refractivity contribution in [1.82, 2.24) is 14.9 Å². The summed E-state index contributed by atoms with van der Waals surface area (Å²) in [6.07, 6.45) is 5.35. The number of hydrogen-bond donors (Lipinski definition) is 2. The van der Waals surface area contributed by atoms with Gasteiger partial charge in [-0.1, -0.05) is 30.3 Å². The van der Waals surface area contributed by atoms with Crippen LogP contribution in [0, 0.1) is 18.7 Å². The zero-order valence-electron chi connectivity index (χ0n) is 18.7. The number of aromatic nitrogens is 2. The van der Waals surface area contributed by atoms with Gasteiger partial charge in [0, 0.05) is 18.7 Å². The smallest absolute Gasteiger partial charge is 0.141 e. The highest BCUT2D eigenvalue weighted by Crippen LogP contribution is 2.28. The summed E-state index contributed by atoms with van der Waals surface area (Å²) in [6.45, 7) is 6.66. The average Bonchev–Trinajstić information content (AvgIpc) is 2.82. The monoisotopic (exact) mass is 438 g/mol. The van der Waals surface area contributed by atoms with E-state index in [9.17, 15) is 4.39 Å². The van der Waals surface area contributed by atoms with Gasteiger partial charge >= 0.3 is 0 Å². The molecule has 0 amide bonds. The van der Waals surface area contributed by atoms with Crippen molar-refractivity contribution in [3.8, 4) is 22.4 Å². The minimum Gasteiger partial charge on any atom is -0.396 e. The lowest BCUT2D eigenvalue weighted by atomic mass is 9.98. The molecule has 1 aromatic heterocycles. The van der Waals surface area contributed by atoms with Gasteiger partial charge in [-0.25, -0.2) is 9.37 Å². The molecule has 4 rings (SSSR count). The van der Waals surface area contributed by atoms with Crippen LogP contribution in [0.3, 0.4) is 0 Å². The van der Waals surface area contributed by atoms with E-state index < -0.39 is 0 Å². The van der Waals surface area contributed by atoms with Gasteiger partial charge in [0.15, 0.2) is 0 Å². The molecule has 1 fully saturated rings. The summed E-state index contributed by atoms with van der Waals surface area (Å²) in [4.78, 5) is 18.3. The second kappa shape index (κ2) is 12.6. The van der Waals surface area contributed by atoms with Crippen molar-refractivity contribution < 1.29 is 14.3 Å². The molecule has 0 aliphatic carbocycles. The van der Waals surface area contributed by atoms with Crippen LogP contribution in [0.1, 0.15) is 18.4 Å². The van der Waals surface area contributed by atoms with Crippen LogP contribution in [0.4, 0.5) is 10.2 Å². The molecular formula is C25H31FN4O2. The molecule has 1 aliphatic rings. The lowest BCUT2D eigenvalue weighted by Crippen LogP contribution is -2.33. The Morgan fingerprint density at radius 3 is 2.47 bits per heavy atom. The van der Waals surface area contributed by atoms with Crippen molar-refractivity contribution in [3.05, 3.63) is 66.2 Å². The molecule has 1 aliphatic heterocycles. The van der Waals surface area contributed by atoms with Crippen molar-refractivity contribution in [3.63, 3.8) is 0 Å². The first-order valence-corrected chi connectivity index (χ1v) is 10.5. The van der Waals surface area contributed by atoms with Gasteiger partial charge in [-0.2, -0.15) is 0 Å². The predicted octanol–water partition coefficient (Wildman–Crippen LogP) is 3.98. The fraction of sp³-hybridized carbons (Fsp3) is 0.320. The van der Waals surface area contributed by atoms with Gasteiger partial charge < -0.3 is 20.5 Å². The number of aryl methyl sites for hydroxylation is 1. The molecule has 7 heteroatoms. The number of anilines is 1. The summed E-state index contributed by atoms with van der Waals surface area (Å²) in [5.74, 6) is 0.536. The average molecular weight is 439 g/mol. The maximum atomic E-state index is 14.4. The van der Waals surface area contributed by atoms with E-state index in [0.29, 0.717) is 29.6 Å². The third-order valence-corrected chi connectivity index (χ3v) is 5.35. The van der Waals surface area contributed by atoms with Crippen LogP contribution in [0.5, 0.6) is 0 Å². The Bertz CT molecular complexity index is 982. The number of aliphatic hydroxyl groups excluding tert-OH is 1. The van der Waals surface area contributed by atoms with Crippen molar-refractivity contribution in [2.75, 3.05) is 32.5 Å². The summed E-state index contributed by atoms with van der Waals surface area (Å²) < 4.78 is 14.4. The second-order valence-corrected chi connectivity index (χ2v) is 7.79. The first kappa shape index (κ1) is 25.1. The van der Waals surface area contributed by atoms with Crippen LogP contribution >= 0.6 is 0 Å². The summed E-state index contributed by atoms with van der Waals surface area (Å²) >= 11 is 0. The number of nitrogen functional groups attached to an aromatic ring is 1. The number of piperidine rings is 1. The molecule has 32 heavy (non-hydrogen) atoms. The molecule has 0 radical (unpaired) electrons. The number of nitrogens with zero attached hydrogens (tertiary/aromatic N) is 3. The first-order valence-electron chi connectivity index (χ1n) is 10.5. The molecule has 0 bridgehead atoms. The topological polar surface area (TPSA) is 92.3 Å². The van der Waals surface area contributed by atoms with E-state index in [2.05, 4.69) is 21.9 Å². The molecule has 170 valence electrons. The molecular weight excluding hydrogens is 407 g/mol. The van der Waals surface area contributed by atoms with E-state index in [1.807, 2.05) is 44.0 Å². The van der Waals surface area contributed by atoms with Gasteiger partial charge in [-0.3, -0.25) is 4.98 Å². The lowest BCUT2D eigenvalue weighted by Gasteiger charge is -2.27. The van der Waals surface area contributed by atoms with Crippen LogP contribution in [0.15, 0.2) is 54.9 Å². The van der Waals surface area contributed by atoms with Gasteiger partial charge in [-0.15, -0.1) is 0 Å². The van der Waals surface area contributed by atoms with Crippen molar-refractivity contribution in [1.29, 1.82) is 0 Å². The minimum absolute atomic E-state index is 0.315. The number of likely N-dealkylation sites (tertiary alicyclic amines) is 1. The number of halogens is 1. The number of aliphatic hydroxyl groups is 1. The molecule has 3 N–H and O–H groups in total. The quantitative estimate of drug-likeness (QED) is 0.643. The van der Waals surface area contributed by atoms with E-state index in [4.69, 9.17) is 15.6 Å². The Kier molecular flexibility index (Phi) is 9.91. The van der Waals surface area contributed by atoms with Crippen LogP contribution in [0.25, 0.3) is 22.4 Å². The molecule has 3 aromatic rings. The van der Waals surface area contributed by atoms with Crippen LogP contribution in [-0.2, 0) is 4.79 Å². The fourth-order valence-electron chi connectivity index (χ4n) is 3.69. The highest BCUT2D eigenvalue weighted by molar-refractivity contribution is 5.71. The number of rotatable bonds is 3. The van der Waals surface area contributed by atoms with E-state index in [-0.39, 0.29) is 5.82 Å². The zero-order valence-corrected chi connectivity index (χ0v) is 18.7. The first-order chi connectivity index (χ1) is 15.5. The highest BCUT2D eigenvalue weighted by atomic mass is 19.1.